The highest BCUT2D eigenvalue weighted by atomic mass is 16.1. The first-order valence-corrected chi connectivity index (χ1v) is 5.84. The Morgan fingerprint density at radius 1 is 1.44 bits per heavy atom. The van der Waals surface area contributed by atoms with Crippen LogP contribution in [0.3, 0.4) is 0 Å². The SMILES string of the molecule is C#CCC(C)NC(=O)C(C#N)Cc1ccccc1. The van der Waals surface area contributed by atoms with Gasteiger partial charge >= 0.3 is 0 Å². The smallest absolute Gasteiger partial charge is 0.237 e. The van der Waals surface area contributed by atoms with Crippen LogP contribution in [-0.2, 0) is 11.2 Å². The molecule has 3 nitrogen and oxygen atoms in total. The normalized spacial score (nSPS) is 12.8. The summed E-state index contributed by atoms with van der Waals surface area (Å²) in [7, 11) is 0. The van der Waals surface area contributed by atoms with Gasteiger partial charge in [0.2, 0.25) is 5.91 Å². The van der Waals surface area contributed by atoms with Gasteiger partial charge in [0.1, 0.15) is 5.92 Å². The summed E-state index contributed by atoms with van der Waals surface area (Å²) >= 11 is 0. The molecule has 1 amide bonds. The molecule has 18 heavy (non-hydrogen) atoms. The number of nitrogens with one attached hydrogen (secondary N) is 1. The Balaban J connectivity index is 2.60. The largest absolute Gasteiger partial charge is 0.352 e. The minimum atomic E-state index is -0.673. The zero-order chi connectivity index (χ0) is 13.4. The maximum Gasteiger partial charge on any atom is 0.237 e. The Hall–Kier alpha value is -2.26. The second-order valence-corrected chi connectivity index (χ2v) is 4.19. The molecule has 2 atom stereocenters. The van der Waals surface area contributed by atoms with E-state index in [1.165, 1.54) is 0 Å². The van der Waals surface area contributed by atoms with E-state index in [1.54, 1.807) is 0 Å². The van der Waals surface area contributed by atoms with Gasteiger partial charge < -0.3 is 5.32 Å². The fourth-order valence-electron chi connectivity index (χ4n) is 1.62. The lowest BCUT2D eigenvalue weighted by Crippen LogP contribution is -2.37. The van der Waals surface area contributed by atoms with E-state index in [-0.39, 0.29) is 11.9 Å². The van der Waals surface area contributed by atoms with E-state index in [2.05, 4.69) is 11.2 Å². The molecule has 0 spiro atoms. The quantitative estimate of drug-likeness (QED) is 0.799. The first-order chi connectivity index (χ1) is 8.67. The van der Waals surface area contributed by atoms with Gasteiger partial charge in [-0.25, -0.2) is 0 Å². The van der Waals surface area contributed by atoms with Crippen LogP contribution in [0.5, 0.6) is 0 Å². The van der Waals surface area contributed by atoms with E-state index in [9.17, 15) is 4.79 Å². The number of benzene rings is 1. The Morgan fingerprint density at radius 2 is 2.11 bits per heavy atom. The number of nitriles is 1. The average molecular weight is 240 g/mol. The monoisotopic (exact) mass is 240 g/mol. The summed E-state index contributed by atoms with van der Waals surface area (Å²) in [6.07, 6.45) is 6.06. The third-order valence-corrected chi connectivity index (χ3v) is 2.57. The lowest BCUT2D eigenvalue weighted by atomic mass is 9.99. The van der Waals surface area contributed by atoms with Gasteiger partial charge in [-0.2, -0.15) is 5.26 Å². The van der Waals surface area contributed by atoms with Crippen LogP contribution in [0.1, 0.15) is 18.9 Å². The van der Waals surface area contributed by atoms with E-state index < -0.39 is 5.92 Å². The highest BCUT2D eigenvalue weighted by molar-refractivity contribution is 5.81. The second kappa shape index (κ2) is 7.14. The Kier molecular flexibility index (Phi) is 5.48. The second-order valence-electron chi connectivity index (χ2n) is 4.19. The Morgan fingerprint density at radius 3 is 2.67 bits per heavy atom. The number of terminal acetylenes is 1. The van der Waals surface area contributed by atoms with Crippen LogP contribution in [-0.4, -0.2) is 11.9 Å². The molecular weight excluding hydrogens is 224 g/mol. The van der Waals surface area contributed by atoms with Gasteiger partial charge in [-0.15, -0.1) is 12.3 Å². The zero-order valence-corrected chi connectivity index (χ0v) is 10.4. The molecule has 0 aliphatic heterocycles. The first kappa shape index (κ1) is 13.8. The molecule has 3 heteroatoms. The van der Waals surface area contributed by atoms with Crippen LogP contribution in [0.25, 0.3) is 0 Å². The van der Waals surface area contributed by atoms with Crippen molar-refractivity contribution in [3.05, 3.63) is 35.9 Å². The van der Waals surface area contributed by atoms with Crippen molar-refractivity contribution < 1.29 is 4.79 Å². The third-order valence-electron chi connectivity index (χ3n) is 2.57. The van der Waals surface area contributed by atoms with Crippen LogP contribution in [0.2, 0.25) is 0 Å². The summed E-state index contributed by atoms with van der Waals surface area (Å²) in [5, 5.41) is 11.8. The molecule has 0 aliphatic carbocycles. The zero-order valence-electron chi connectivity index (χ0n) is 10.4. The fourth-order valence-corrected chi connectivity index (χ4v) is 1.62. The summed E-state index contributed by atoms with van der Waals surface area (Å²) < 4.78 is 0. The maximum atomic E-state index is 11.9. The van der Waals surface area contributed by atoms with E-state index in [4.69, 9.17) is 11.7 Å². The number of rotatable bonds is 5. The van der Waals surface area contributed by atoms with Crippen molar-refractivity contribution in [2.24, 2.45) is 5.92 Å². The summed E-state index contributed by atoms with van der Waals surface area (Å²) in [5.41, 5.74) is 0.976. The van der Waals surface area contributed by atoms with Crippen LogP contribution in [0.4, 0.5) is 0 Å². The van der Waals surface area contributed by atoms with Crippen molar-refractivity contribution in [3.63, 3.8) is 0 Å². The molecule has 0 bridgehead atoms. The molecule has 1 aromatic rings. The summed E-state index contributed by atoms with van der Waals surface area (Å²) in [6.45, 7) is 1.83. The molecule has 1 rings (SSSR count). The van der Waals surface area contributed by atoms with Crippen molar-refractivity contribution >= 4 is 5.91 Å². The molecule has 0 aromatic heterocycles. The first-order valence-electron chi connectivity index (χ1n) is 5.84. The summed E-state index contributed by atoms with van der Waals surface area (Å²) in [4.78, 5) is 11.9. The van der Waals surface area contributed by atoms with Crippen molar-refractivity contribution in [1.29, 1.82) is 5.26 Å². The molecule has 92 valence electrons. The van der Waals surface area contributed by atoms with Gasteiger partial charge in [0, 0.05) is 12.5 Å². The molecule has 1 aromatic carbocycles. The predicted octanol–water partition coefficient (Wildman–Crippen LogP) is 1.90. The van der Waals surface area contributed by atoms with Gasteiger partial charge in [-0.1, -0.05) is 30.3 Å². The van der Waals surface area contributed by atoms with Crippen molar-refractivity contribution in [2.75, 3.05) is 0 Å². The van der Waals surface area contributed by atoms with E-state index in [0.717, 1.165) is 5.56 Å². The molecule has 1 N–H and O–H groups in total. The maximum absolute atomic E-state index is 11.9. The van der Waals surface area contributed by atoms with Crippen molar-refractivity contribution in [2.45, 2.75) is 25.8 Å². The van der Waals surface area contributed by atoms with Crippen LogP contribution in [0, 0.1) is 29.6 Å². The molecule has 0 saturated carbocycles. The van der Waals surface area contributed by atoms with E-state index in [1.807, 2.05) is 43.3 Å². The summed E-state index contributed by atoms with van der Waals surface area (Å²) in [6, 6.07) is 11.4. The molecular formula is C15H16N2O. The molecule has 0 fully saturated rings. The van der Waals surface area contributed by atoms with E-state index in [0.29, 0.717) is 12.8 Å². The van der Waals surface area contributed by atoms with Gasteiger partial charge in [0.25, 0.3) is 0 Å². The number of hydrogen-bond acceptors (Lipinski definition) is 2. The fraction of sp³-hybridized carbons (Fsp3) is 0.333. The number of carbonyl (C=O) groups excluding carboxylic acids is 1. The van der Waals surface area contributed by atoms with Crippen molar-refractivity contribution in [3.8, 4) is 18.4 Å². The highest BCUT2D eigenvalue weighted by Crippen LogP contribution is 2.08. The Labute approximate surface area is 108 Å². The minimum absolute atomic E-state index is 0.103. The third kappa shape index (κ3) is 4.31. The van der Waals surface area contributed by atoms with Crippen LogP contribution < -0.4 is 5.32 Å². The van der Waals surface area contributed by atoms with Gasteiger partial charge in [-0.3, -0.25) is 4.79 Å². The van der Waals surface area contributed by atoms with Gasteiger partial charge in [-0.05, 0) is 18.9 Å². The molecule has 0 heterocycles. The highest BCUT2D eigenvalue weighted by Gasteiger charge is 2.19. The lowest BCUT2D eigenvalue weighted by Gasteiger charge is -2.14. The molecule has 0 radical (unpaired) electrons. The van der Waals surface area contributed by atoms with Crippen LogP contribution >= 0.6 is 0 Å². The standard InChI is InChI=1S/C15H16N2O/c1-3-7-12(2)17-15(18)14(11-16)10-13-8-5-4-6-9-13/h1,4-6,8-9,12,14H,7,10H2,2H3,(H,17,18). The molecule has 0 aliphatic rings. The number of amides is 1. The average Bonchev–Trinajstić information content (AvgIpc) is 2.37. The Bertz CT molecular complexity index is 468. The number of hydrogen-bond donors (Lipinski definition) is 1. The van der Waals surface area contributed by atoms with E-state index >= 15 is 0 Å². The molecule has 0 saturated heterocycles. The van der Waals surface area contributed by atoms with Crippen LogP contribution in [0.15, 0.2) is 30.3 Å². The number of carbonyl (C=O) groups is 1. The van der Waals surface area contributed by atoms with Gasteiger partial charge in [0.05, 0.1) is 6.07 Å². The molecule has 2 unspecified atom stereocenters. The predicted molar refractivity (Wildman–Crippen MR) is 70.3 cm³/mol. The topological polar surface area (TPSA) is 52.9 Å². The minimum Gasteiger partial charge on any atom is -0.352 e. The van der Waals surface area contributed by atoms with Gasteiger partial charge in [0.15, 0.2) is 0 Å². The number of nitrogens with zero attached hydrogens (tertiary/aromatic N) is 1. The van der Waals surface area contributed by atoms with Crippen molar-refractivity contribution in [1.82, 2.24) is 5.32 Å². The lowest BCUT2D eigenvalue weighted by molar-refractivity contribution is -0.123. The summed E-state index contributed by atoms with van der Waals surface area (Å²) in [5.74, 6) is 1.55.